The average Bonchev–Trinajstić information content (AvgIpc) is 2.74. The fourth-order valence-electron chi connectivity index (χ4n) is 2.19. The molecular weight excluding hydrogens is 230 g/mol. The SMILES string of the molecule is COc1ccc2c(c1)[nH]c1cc(OC)c(O)cc12. The van der Waals surface area contributed by atoms with Crippen LogP contribution in [-0.4, -0.2) is 24.3 Å². The monoisotopic (exact) mass is 243 g/mol. The first-order chi connectivity index (χ1) is 8.72. The summed E-state index contributed by atoms with van der Waals surface area (Å²) >= 11 is 0. The molecule has 0 aliphatic heterocycles. The number of H-pyrrole nitrogens is 1. The van der Waals surface area contributed by atoms with Gasteiger partial charge in [0.05, 0.1) is 25.3 Å². The molecule has 3 rings (SSSR count). The molecular formula is C14H13NO3. The van der Waals surface area contributed by atoms with Crippen molar-refractivity contribution in [2.24, 2.45) is 0 Å². The van der Waals surface area contributed by atoms with E-state index in [1.807, 2.05) is 18.2 Å². The normalized spacial score (nSPS) is 11.0. The zero-order chi connectivity index (χ0) is 12.7. The zero-order valence-electron chi connectivity index (χ0n) is 10.2. The number of nitrogens with one attached hydrogen (secondary N) is 1. The van der Waals surface area contributed by atoms with Crippen LogP contribution in [0.5, 0.6) is 17.2 Å². The Morgan fingerprint density at radius 1 is 0.944 bits per heavy atom. The number of aromatic hydroxyl groups is 1. The third-order valence-electron chi connectivity index (χ3n) is 3.11. The number of rotatable bonds is 2. The van der Waals surface area contributed by atoms with Gasteiger partial charge >= 0.3 is 0 Å². The van der Waals surface area contributed by atoms with Gasteiger partial charge in [-0.05, 0) is 18.2 Å². The van der Waals surface area contributed by atoms with Crippen LogP contribution in [-0.2, 0) is 0 Å². The second kappa shape index (κ2) is 3.84. The summed E-state index contributed by atoms with van der Waals surface area (Å²) in [5, 5.41) is 11.8. The van der Waals surface area contributed by atoms with Crippen LogP contribution in [0.15, 0.2) is 30.3 Å². The van der Waals surface area contributed by atoms with Gasteiger partial charge in [0.2, 0.25) is 0 Å². The van der Waals surface area contributed by atoms with E-state index in [0.717, 1.165) is 27.6 Å². The first kappa shape index (κ1) is 10.8. The Balaban J connectivity index is 2.36. The maximum Gasteiger partial charge on any atom is 0.162 e. The molecule has 0 saturated carbocycles. The standard InChI is InChI=1S/C14H13NO3/c1-17-8-3-4-9-10-6-13(16)14(18-2)7-12(10)15-11(9)5-8/h3-7,15-16H,1-2H3. The minimum atomic E-state index is 0.140. The summed E-state index contributed by atoms with van der Waals surface area (Å²) in [6, 6.07) is 9.30. The predicted molar refractivity (Wildman–Crippen MR) is 70.6 cm³/mol. The van der Waals surface area contributed by atoms with E-state index in [-0.39, 0.29) is 5.75 Å². The molecule has 18 heavy (non-hydrogen) atoms. The Morgan fingerprint density at radius 2 is 1.72 bits per heavy atom. The molecule has 0 spiro atoms. The van der Waals surface area contributed by atoms with E-state index in [1.54, 1.807) is 19.2 Å². The lowest BCUT2D eigenvalue weighted by molar-refractivity contribution is 0.374. The number of aromatic nitrogens is 1. The molecule has 2 aromatic carbocycles. The second-order valence-electron chi connectivity index (χ2n) is 4.11. The summed E-state index contributed by atoms with van der Waals surface area (Å²) in [5.74, 6) is 1.40. The zero-order valence-corrected chi connectivity index (χ0v) is 10.2. The van der Waals surface area contributed by atoms with Crippen LogP contribution < -0.4 is 9.47 Å². The number of fused-ring (bicyclic) bond motifs is 3. The van der Waals surface area contributed by atoms with Crippen molar-refractivity contribution in [2.75, 3.05) is 14.2 Å². The highest BCUT2D eigenvalue weighted by Gasteiger charge is 2.09. The highest BCUT2D eigenvalue weighted by Crippen LogP contribution is 2.35. The van der Waals surface area contributed by atoms with Gasteiger partial charge in [-0.25, -0.2) is 0 Å². The van der Waals surface area contributed by atoms with E-state index in [0.29, 0.717) is 5.75 Å². The van der Waals surface area contributed by atoms with Crippen molar-refractivity contribution in [1.82, 2.24) is 4.98 Å². The van der Waals surface area contributed by atoms with Crippen LogP contribution in [0.2, 0.25) is 0 Å². The van der Waals surface area contributed by atoms with Gasteiger partial charge in [0, 0.05) is 22.9 Å². The van der Waals surface area contributed by atoms with E-state index in [2.05, 4.69) is 4.98 Å². The molecule has 0 unspecified atom stereocenters. The van der Waals surface area contributed by atoms with Crippen molar-refractivity contribution in [3.8, 4) is 17.2 Å². The minimum absolute atomic E-state index is 0.140. The maximum absolute atomic E-state index is 9.82. The second-order valence-corrected chi connectivity index (χ2v) is 4.11. The number of benzene rings is 2. The minimum Gasteiger partial charge on any atom is -0.504 e. The van der Waals surface area contributed by atoms with Crippen LogP contribution in [0.25, 0.3) is 21.8 Å². The summed E-state index contributed by atoms with van der Waals surface area (Å²) in [6.07, 6.45) is 0. The number of ether oxygens (including phenoxy) is 2. The van der Waals surface area contributed by atoms with Crippen molar-refractivity contribution in [1.29, 1.82) is 0 Å². The van der Waals surface area contributed by atoms with Crippen LogP contribution >= 0.6 is 0 Å². The molecule has 0 atom stereocenters. The van der Waals surface area contributed by atoms with Crippen molar-refractivity contribution in [2.45, 2.75) is 0 Å². The van der Waals surface area contributed by atoms with Gasteiger partial charge in [-0.2, -0.15) is 0 Å². The van der Waals surface area contributed by atoms with Gasteiger partial charge in [0.15, 0.2) is 11.5 Å². The lowest BCUT2D eigenvalue weighted by Crippen LogP contribution is -1.83. The fourth-order valence-corrected chi connectivity index (χ4v) is 2.19. The molecule has 92 valence electrons. The van der Waals surface area contributed by atoms with Gasteiger partial charge < -0.3 is 19.6 Å². The topological polar surface area (TPSA) is 54.5 Å². The molecule has 1 heterocycles. The molecule has 4 nitrogen and oxygen atoms in total. The Kier molecular flexibility index (Phi) is 2.30. The van der Waals surface area contributed by atoms with Crippen LogP contribution in [0.4, 0.5) is 0 Å². The first-order valence-electron chi connectivity index (χ1n) is 5.59. The molecule has 0 bridgehead atoms. The highest BCUT2D eigenvalue weighted by molar-refractivity contribution is 6.08. The smallest absolute Gasteiger partial charge is 0.162 e. The molecule has 0 fully saturated rings. The fraction of sp³-hybridized carbons (Fsp3) is 0.143. The number of hydrogen-bond acceptors (Lipinski definition) is 3. The number of hydrogen-bond donors (Lipinski definition) is 2. The van der Waals surface area contributed by atoms with E-state index in [4.69, 9.17) is 9.47 Å². The molecule has 3 aromatic rings. The molecule has 0 aliphatic rings. The number of phenols is 1. The van der Waals surface area contributed by atoms with Gasteiger partial charge in [-0.1, -0.05) is 0 Å². The molecule has 2 N–H and O–H groups in total. The van der Waals surface area contributed by atoms with Gasteiger partial charge in [-0.15, -0.1) is 0 Å². The van der Waals surface area contributed by atoms with Gasteiger partial charge in [0.25, 0.3) is 0 Å². The summed E-state index contributed by atoms with van der Waals surface area (Å²) in [5.41, 5.74) is 1.89. The third kappa shape index (κ3) is 1.46. The van der Waals surface area contributed by atoms with Crippen LogP contribution in [0, 0.1) is 0 Å². The summed E-state index contributed by atoms with van der Waals surface area (Å²) in [4.78, 5) is 3.28. The van der Waals surface area contributed by atoms with E-state index in [1.165, 1.54) is 7.11 Å². The molecule has 0 amide bonds. The Hall–Kier alpha value is -2.36. The van der Waals surface area contributed by atoms with Crippen molar-refractivity contribution in [3.05, 3.63) is 30.3 Å². The summed E-state index contributed by atoms with van der Waals surface area (Å²) in [6.45, 7) is 0. The molecule has 0 saturated heterocycles. The third-order valence-corrected chi connectivity index (χ3v) is 3.11. The first-order valence-corrected chi connectivity index (χ1v) is 5.59. The lowest BCUT2D eigenvalue weighted by atomic mass is 10.1. The van der Waals surface area contributed by atoms with E-state index >= 15 is 0 Å². The average molecular weight is 243 g/mol. The maximum atomic E-state index is 9.82. The Labute approximate surface area is 104 Å². The highest BCUT2D eigenvalue weighted by atomic mass is 16.5. The summed E-state index contributed by atoms with van der Waals surface area (Å²) in [7, 11) is 3.17. The number of phenolic OH excluding ortho intramolecular Hbond substituents is 1. The van der Waals surface area contributed by atoms with Crippen LogP contribution in [0.1, 0.15) is 0 Å². The lowest BCUT2D eigenvalue weighted by Gasteiger charge is -2.02. The van der Waals surface area contributed by atoms with Crippen molar-refractivity contribution in [3.63, 3.8) is 0 Å². The molecule has 4 heteroatoms. The molecule has 1 aromatic heterocycles. The van der Waals surface area contributed by atoms with Crippen molar-refractivity contribution < 1.29 is 14.6 Å². The summed E-state index contributed by atoms with van der Waals surface area (Å²) < 4.78 is 10.3. The quantitative estimate of drug-likeness (QED) is 0.727. The number of aromatic amines is 1. The van der Waals surface area contributed by atoms with Gasteiger partial charge in [0.1, 0.15) is 5.75 Å². The number of methoxy groups -OCH3 is 2. The van der Waals surface area contributed by atoms with Crippen LogP contribution in [0.3, 0.4) is 0 Å². The van der Waals surface area contributed by atoms with Crippen molar-refractivity contribution >= 4 is 21.8 Å². The predicted octanol–water partition coefficient (Wildman–Crippen LogP) is 3.04. The van der Waals surface area contributed by atoms with Gasteiger partial charge in [-0.3, -0.25) is 0 Å². The van der Waals surface area contributed by atoms with E-state index in [9.17, 15) is 5.11 Å². The largest absolute Gasteiger partial charge is 0.504 e. The Bertz CT molecular complexity index is 731. The van der Waals surface area contributed by atoms with E-state index < -0.39 is 0 Å². The Morgan fingerprint density at radius 3 is 2.44 bits per heavy atom. The molecule has 0 aliphatic carbocycles. The molecule has 0 radical (unpaired) electrons.